The van der Waals surface area contributed by atoms with Crippen LogP contribution < -0.4 is 11.1 Å². The van der Waals surface area contributed by atoms with Crippen LogP contribution in [0.2, 0.25) is 0 Å². The highest BCUT2D eigenvalue weighted by Crippen LogP contribution is 2.13. The fourth-order valence-electron chi connectivity index (χ4n) is 1.62. The molecule has 1 unspecified atom stereocenters. The highest BCUT2D eigenvalue weighted by molar-refractivity contribution is 5.81. The van der Waals surface area contributed by atoms with Crippen LogP contribution in [0.4, 0.5) is 0 Å². The van der Waals surface area contributed by atoms with Crippen LogP contribution >= 0.6 is 0 Å². The molecule has 0 aliphatic rings. The maximum Gasteiger partial charge on any atom is 0.239 e. The highest BCUT2D eigenvalue weighted by Gasteiger charge is 2.21. The van der Waals surface area contributed by atoms with Crippen molar-refractivity contribution in [3.8, 4) is 0 Å². The van der Waals surface area contributed by atoms with Crippen LogP contribution in [0.1, 0.15) is 13.8 Å². The first-order valence-corrected chi connectivity index (χ1v) is 5.45. The van der Waals surface area contributed by atoms with Crippen LogP contribution in [-0.2, 0) is 9.53 Å². The lowest BCUT2D eigenvalue weighted by molar-refractivity contribution is -0.123. The van der Waals surface area contributed by atoms with E-state index in [1.54, 1.807) is 0 Å². The summed E-state index contributed by atoms with van der Waals surface area (Å²) in [5, 5.41) is 2.84. The van der Waals surface area contributed by atoms with Crippen LogP contribution in [0.25, 0.3) is 0 Å². The molecule has 0 rings (SSSR count). The van der Waals surface area contributed by atoms with Gasteiger partial charge in [-0.05, 0) is 19.5 Å². The van der Waals surface area contributed by atoms with Crippen molar-refractivity contribution in [2.24, 2.45) is 11.1 Å². The highest BCUT2D eigenvalue weighted by atomic mass is 16.5. The van der Waals surface area contributed by atoms with E-state index < -0.39 is 6.04 Å². The zero-order chi connectivity index (χ0) is 12.8. The Morgan fingerprint density at radius 1 is 1.50 bits per heavy atom. The molecule has 0 aromatic rings. The largest absolute Gasteiger partial charge is 0.383 e. The molecular weight excluding hydrogens is 206 g/mol. The van der Waals surface area contributed by atoms with Gasteiger partial charge in [0.2, 0.25) is 5.91 Å². The third-order valence-corrected chi connectivity index (χ3v) is 2.17. The Labute approximate surface area is 98.3 Å². The zero-order valence-corrected chi connectivity index (χ0v) is 11.0. The molecule has 1 atom stereocenters. The molecule has 5 heteroatoms. The number of ether oxygens (including phenoxy) is 1. The molecule has 0 saturated heterocycles. The molecule has 0 aliphatic carbocycles. The molecule has 0 radical (unpaired) electrons. The second kappa shape index (κ2) is 6.83. The van der Waals surface area contributed by atoms with Crippen LogP contribution in [0.3, 0.4) is 0 Å². The number of nitrogens with zero attached hydrogens (tertiary/aromatic N) is 1. The van der Waals surface area contributed by atoms with E-state index in [1.165, 1.54) is 7.11 Å². The van der Waals surface area contributed by atoms with Gasteiger partial charge in [0, 0.05) is 20.2 Å². The van der Waals surface area contributed by atoms with Gasteiger partial charge < -0.3 is 20.7 Å². The van der Waals surface area contributed by atoms with E-state index in [4.69, 9.17) is 10.5 Å². The third kappa shape index (κ3) is 6.76. The summed E-state index contributed by atoms with van der Waals surface area (Å²) in [6, 6.07) is -0.583. The summed E-state index contributed by atoms with van der Waals surface area (Å²) in [5.74, 6) is -0.159. The Morgan fingerprint density at radius 2 is 2.06 bits per heavy atom. The number of nitrogens with two attached hydrogens (primary N) is 1. The van der Waals surface area contributed by atoms with E-state index in [2.05, 4.69) is 24.1 Å². The summed E-state index contributed by atoms with van der Waals surface area (Å²) in [6.45, 7) is 5.98. The molecule has 0 saturated carbocycles. The van der Waals surface area contributed by atoms with Gasteiger partial charge in [-0.25, -0.2) is 0 Å². The van der Waals surface area contributed by atoms with Gasteiger partial charge in [0.15, 0.2) is 0 Å². The minimum absolute atomic E-state index is 0.0337. The average Bonchev–Trinajstić information content (AvgIpc) is 2.12. The first kappa shape index (κ1) is 15.3. The maximum absolute atomic E-state index is 11.5. The normalized spacial score (nSPS) is 13.9. The van der Waals surface area contributed by atoms with Gasteiger partial charge in [-0.1, -0.05) is 13.8 Å². The molecule has 0 aromatic heterocycles. The smallest absolute Gasteiger partial charge is 0.239 e. The number of hydrogen-bond donors (Lipinski definition) is 2. The second-order valence-electron chi connectivity index (χ2n) is 5.18. The van der Waals surface area contributed by atoms with E-state index in [0.717, 1.165) is 6.54 Å². The molecule has 0 aromatic carbocycles. The fourth-order valence-corrected chi connectivity index (χ4v) is 1.62. The average molecular weight is 231 g/mol. The van der Waals surface area contributed by atoms with Gasteiger partial charge in [-0.3, -0.25) is 4.79 Å². The van der Waals surface area contributed by atoms with Crippen molar-refractivity contribution in [1.29, 1.82) is 0 Å². The topological polar surface area (TPSA) is 67.6 Å². The lowest BCUT2D eigenvalue weighted by Gasteiger charge is -2.28. The monoisotopic (exact) mass is 231 g/mol. The number of nitrogens with one attached hydrogen (secondary N) is 1. The molecule has 0 spiro atoms. The summed E-state index contributed by atoms with van der Waals surface area (Å²) in [5.41, 5.74) is 5.64. The molecule has 96 valence electrons. The number of amides is 1. The van der Waals surface area contributed by atoms with Gasteiger partial charge in [-0.2, -0.15) is 0 Å². The first-order chi connectivity index (χ1) is 7.28. The van der Waals surface area contributed by atoms with Crippen LogP contribution in [0, 0.1) is 5.41 Å². The van der Waals surface area contributed by atoms with Gasteiger partial charge in [-0.15, -0.1) is 0 Å². The molecule has 3 N–H and O–H groups in total. The van der Waals surface area contributed by atoms with E-state index in [1.807, 2.05) is 14.1 Å². The third-order valence-electron chi connectivity index (χ3n) is 2.17. The van der Waals surface area contributed by atoms with Crippen LogP contribution in [0.15, 0.2) is 0 Å². The molecule has 16 heavy (non-hydrogen) atoms. The number of hydrogen-bond acceptors (Lipinski definition) is 4. The molecular formula is C11H25N3O2. The number of carbonyl (C=O) groups excluding carboxylic acids is 1. The van der Waals surface area contributed by atoms with Gasteiger partial charge >= 0.3 is 0 Å². The number of rotatable bonds is 7. The van der Waals surface area contributed by atoms with Crippen LogP contribution in [-0.4, -0.2) is 57.8 Å². The summed E-state index contributed by atoms with van der Waals surface area (Å²) in [7, 11) is 5.56. The molecule has 5 nitrogen and oxygen atoms in total. The van der Waals surface area contributed by atoms with Crippen molar-refractivity contribution < 1.29 is 9.53 Å². The summed E-state index contributed by atoms with van der Waals surface area (Å²) in [4.78, 5) is 13.6. The predicted molar refractivity (Wildman–Crippen MR) is 65.2 cm³/mol. The van der Waals surface area contributed by atoms with Gasteiger partial charge in [0.1, 0.15) is 6.04 Å². The summed E-state index contributed by atoms with van der Waals surface area (Å²) in [6.07, 6.45) is 0. The van der Waals surface area contributed by atoms with Crippen molar-refractivity contribution >= 4 is 5.91 Å². The molecule has 0 heterocycles. The van der Waals surface area contributed by atoms with Gasteiger partial charge in [0.05, 0.1) is 6.61 Å². The van der Waals surface area contributed by atoms with E-state index in [9.17, 15) is 4.79 Å². The van der Waals surface area contributed by atoms with Crippen molar-refractivity contribution in [2.75, 3.05) is 40.9 Å². The zero-order valence-electron chi connectivity index (χ0n) is 11.0. The van der Waals surface area contributed by atoms with E-state index in [0.29, 0.717) is 6.54 Å². The molecule has 0 aliphatic heterocycles. The maximum atomic E-state index is 11.5. The Kier molecular flexibility index (Phi) is 6.55. The lowest BCUT2D eigenvalue weighted by atomic mass is 9.93. The first-order valence-electron chi connectivity index (χ1n) is 5.45. The standard InChI is InChI=1S/C11H25N3O2/c1-11(2,8-14(3)4)7-13-10(15)9(12)6-16-5/h9H,6-8,12H2,1-5H3,(H,13,15). The SMILES string of the molecule is COCC(N)C(=O)NCC(C)(C)CN(C)C. The van der Waals surface area contributed by atoms with E-state index in [-0.39, 0.29) is 17.9 Å². The Bertz CT molecular complexity index is 217. The minimum atomic E-state index is -0.583. The van der Waals surface area contributed by atoms with Gasteiger partial charge in [0.25, 0.3) is 0 Å². The molecule has 0 bridgehead atoms. The fraction of sp³-hybridized carbons (Fsp3) is 0.909. The second-order valence-corrected chi connectivity index (χ2v) is 5.18. The van der Waals surface area contributed by atoms with Crippen molar-refractivity contribution in [3.05, 3.63) is 0 Å². The Hall–Kier alpha value is -0.650. The summed E-state index contributed by atoms with van der Waals surface area (Å²) >= 11 is 0. The van der Waals surface area contributed by atoms with Crippen molar-refractivity contribution in [1.82, 2.24) is 10.2 Å². The number of carbonyl (C=O) groups is 1. The minimum Gasteiger partial charge on any atom is -0.383 e. The summed E-state index contributed by atoms with van der Waals surface area (Å²) < 4.78 is 4.83. The van der Waals surface area contributed by atoms with Crippen molar-refractivity contribution in [3.63, 3.8) is 0 Å². The Balaban J connectivity index is 3.99. The lowest BCUT2D eigenvalue weighted by Crippen LogP contribution is -2.47. The Morgan fingerprint density at radius 3 is 2.50 bits per heavy atom. The van der Waals surface area contributed by atoms with Crippen molar-refractivity contribution in [2.45, 2.75) is 19.9 Å². The number of methoxy groups -OCH3 is 1. The van der Waals surface area contributed by atoms with E-state index >= 15 is 0 Å². The van der Waals surface area contributed by atoms with Crippen LogP contribution in [0.5, 0.6) is 0 Å². The molecule has 1 amide bonds. The predicted octanol–water partition coefficient (Wildman–Crippen LogP) is -0.336. The quantitative estimate of drug-likeness (QED) is 0.629. The molecule has 0 fully saturated rings.